The Morgan fingerprint density at radius 1 is 1.27 bits per heavy atom. The van der Waals surface area contributed by atoms with Crippen LogP contribution in [-0.4, -0.2) is 74.5 Å². The Balaban J connectivity index is 1.60. The van der Waals surface area contributed by atoms with Crippen LogP contribution in [0, 0.1) is 5.92 Å². The van der Waals surface area contributed by atoms with Crippen molar-refractivity contribution in [3.05, 3.63) is 30.1 Å². The Kier molecular flexibility index (Phi) is 7.66. The third kappa shape index (κ3) is 5.65. The molecule has 7 nitrogen and oxygen atoms in total. The van der Waals surface area contributed by atoms with Gasteiger partial charge in [-0.1, -0.05) is 6.07 Å². The second-order valence-corrected chi connectivity index (χ2v) is 6.74. The molecular weight excluding hydrogens is 330 g/mol. The quantitative estimate of drug-likeness (QED) is 0.555. The van der Waals surface area contributed by atoms with Crippen LogP contribution in [0.25, 0.3) is 0 Å². The van der Waals surface area contributed by atoms with E-state index in [0.717, 1.165) is 70.7 Å². The number of morpholine rings is 1. The van der Waals surface area contributed by atoms with E-state index in [9.17, 15) is 0 Å². The molecule has 2 atom stereocenters. The lowest BCUT2D eigenvalue weighted by atomic mass is 9.97. The predicted molar refractivity (Wildman–Crippen MR) is 102 cm³/mol. The summed E-state index contributed by atoms with van der Waals surface area (Å²) in [5.41, 5.74) is 0.971. The summed E-state index contributed by atoms with van der Waals surface area (Å²) in [6.45, 7) is 9.70. The van der Waals surface area contributed by atoms with Gasteiger partial charge in [0.05, 0.1) is 32.1 Å². The molecule has 1 aromatic rings. The number of nitrogens with one attached hydrogen (secondary N) is 2. The van der Waals surface area contributed by atoms with E-state index in [1.165, 1.54) is 0 Å². The van der Waals surface area contributed by atoms with E-state index >= 15 is 0 Å². The van der Waals surface area contributed by atoms with E-state index < -0.39 is 0 Å². The molecule has 0 saturated carbocycles. The van der Waals surface area contributed by atoms with Crippen LogP contribution in [-0.2, 0) is 16.0 Å². The first-order valence-corrected chi connectivity index (χ1v) is 9.68. The average Bonchev–Trinajstić information content (AvgIpc) is 3.22. The van der Waals surface area contributed by atoms with Crippen molar-refractivity contribution in [1.82, 2.24) is 20.5 Å². The van der Waals surface area contributed by atoms with Gasteiger partial charge in [-0.2, -0.15) is 0 Å². The summed E-state index contributed by atoms with van der Waals surface area (Å²) >= 11 is 0. The molecule has 2 N–H and O–H groups in total. The van der Waals surface area contributed by atoms with Gasteiger partial charge >= 0.3 is 0 Å². The molecule has 0 spiro atoms. The van der Waals surface area contributed by atoms with Crippen LogP contribution < -0.4 is 10.6 Å². The molecule has 2 aliphatic heterocycles. The number of ether oxygens (including phenoxy) is 2. The molecule has 2 fully saturated rings. The number of hydrogen-bond donors (Lipinski definition) is 2. The Bertz CT molecular complexity index is 542. The monoisotopic (exact) mass is 361 g/mol. The molecule has 2 saturated heterocycles. The Morgan fingerprint density at radius 3 is 2.85 bits per heavy atom. The molecule has 2 unspecified atom stereocenters. The van der Waals surface area contributed by atoms with Gasteiger partial charge < -0.3 is 20.1 Å². The lowest BCUT2D eigenvalue weighted by molar-refractivity contribution is 0.00246. The average molecular weight is 361 g/mol. The summed E-state index contributed by atoms with van der Waals surface area (Å²) < 4.78 is 11.2. The van der Waals surface area contributed by atoms with Gasteiger partial charge in [0.15, 0.2) is 5.96 Å². The van der Waals surface area contributed by atoms with Crippen molar-refractivity contribution in [1.29, 1.82) is 0 Å². The van der Waals surface area contributed by atoms with E-state index in [-0.39, 0.29) is 0 Å². The van der Waals surface area contributed by atoms with Crippen LogP contribution in [0.3, 0.4) is 0 Å². The first kappa shape index (κ1) is 19.1. The van der Waals surface area contributed by atoms with Crippen LogP contribution in [0.4, 0.5) is 0 Å². The van der Waals surface area contributed by atoms with Crippen molar-refractivity contribution >= 4 is 5.96 Å². The van der Waals surface area contributed by atoms with Gasteiger partial charge in [-0.3, -0.25) is 9.88 Å². The molecule has 0 aliphatic carbocycles. The number of hydrogen-bond acceptors (Lipinski definition) is 5. The van der Waals surface area contributed by atoms with Crippen molar-refractivity contribution in [2.45, 2.75) is 25.9 Å². The maximum absolute atomic E-state index is 5.65. The van der Waals surface area contributed by atoms with Gasteiger partial charge in [-0.05, 0) is 25.5 Å². The number of guanidine groups is 1. The first-order valence-electron chi connectivity index (χ1n) is 9.68. The van der Waals surface area contributed by atoms with E-state index in [2.05, 4.69) is 32.4 Å². The Hall–Kier alpha value is -1.70. The van der Waals surface area contributed by atoms with Crippen LogP contribution in [0.15, 0.2) is 29.4 Å². The molecule has 0 bridgehead atoms. The SMILES string of the molecule is CCNC(=NCc1ccccn1)NCC(C1CCOC1)N1CCOCC1. The standard InChI is InChI=1S/C19H31N5O2/c1-2-20-19(22-13-17-5-3-4-7-21-17)23-14-18(16-6-10-26-15-16)24-8-11-25-12-9-24/h3-5,7,16,18H,2,6,8-15H2,1H3,(H2,20,22,23). The molecule has 0 aromatic carbocycles. The van der Waals surface area contributed by atoms with Gasteiger partial charge in [-0.15, -0.1) is 0 Å². The zero-order valence-corrected chi connectivity index (χ0v) is 15.7. The van der Waals surface area contributed by atoms with Gasteiger partial charge in [0.2, 0.25) is 0 Å². The third-order valence-electron chi connectivity index (χ3n) is 4.97. The fourth-order valence-corrected chi connectivity index (χ4v) is 3.55. The molecule has 7 heteroatoms. The Morgan fingerprint density at radius 2 is 2.15 bits per heavy atom. The topological polar surface area (TPSA) is 71.0 Å². The number of pyridine rings is 1. The fourth-order valence-electron chi connectivity index (χ4n) is 3.55. The van der Waals surface area contributed by atoms with Gasteiger partial charge in [-0.25, -0.2) is 4.99 Å². The highest BCUT2D eigenvalue weighted by Gasteiger charge is 2.31. The first-order chi connectivity index (χ1) is 12.9. The second-order valence-electron chi connectivity index (χ2n) is 6.74. The summed E-state index contributed by atoms with van der Waals surface area (Å²) in [5.74, 6) is 1.41. The molecule has 3 heterocycles. The molecule has 0 amide bonds. The number of rotatable bonds is 7. The van der Waals surface area contributed by atoms with Crippen LogP contribution >= 0.6 is 0 Å². The lowest BCUT2D eigenvalue weighted by Crippen LogP contribution is -2.53. The summed E-state index contributed by atoms with van der Waals surface area (Å²) in [4.78, 5) is 11.6. The van der Waals surface area contributed by atoms with Gasteiger partial charge in [0, 0.05) is 50.9 Å². The maximum atomic E-state index is 5.65. The Labute approximate surface area is 156 Å². The van der Waals surface area contributed by atoms with Gasteiger partial charge in [0.1, 0.15) is 0 Å². The highest BCUT2D eigenvalue weighted by Crippen LogP contribution is 2.21. The van der Waals surface area contributed by atoms with Crippen molar-refractivity contribution < 1.29 is 9.47 Å². The minimum Gasteiger partial charge on any atom is -0.381 e. The summed E-state index contributed by atoms with van der Waals surface area (Å²) in [7, 11) is 0. The van der Waals surface area contributed by atoms with Crippen molar-refractivity contribution in [3.8, 4) is 0 Å². The zero-order chi connectivity index (χ0) is 18.0. The van der Waals surface area contributed by atoms with Crippen LogP contribution in [0.2, 0.25) is 0 Å². The highest BCUT2D eigenvalue weighted by molar-refractivity contribution is 5.79. The number of aliphatic imine (C=N–C) groups is 1. The van der Waals surface area contributed by atoms with Crippen LogP contribution in [0.1, 0.15) is 19.0 Å². The van der Waals surface area contributed by atoms with E-state index in [1.807, 2.05) is 18.2 Å². The normalized spacial score (nSPS) is 23.0. The van der Waals surface area contributed by atoms with Crippen molar-refractivity contribution in [3.63, 3.8) is 0 Å². The smallest absolute Gasteiger partial charge is 0.191 e. The summed E-state index contributed by atoms with van der Waals surface area (Å²) in [5, 5.41) is 6.88. The second kappa shape index (κ2) is 10.4. The zero-order valence-electron chi connectivity index (χ0n) is 15.7. The highest BCUT2D eigenvalue weighted by atomic mass is 16.5. The summed E-state index contributed by atoms with van der Waals surface area (Å²) in [6, 6.07) is 6.36. The van der Waals surface area contributed by atoms with E-state index in [4.69, 9.17) is 9.47 Å². The minimum absolute atomic E-state index is 0.445. The van der Waals surface area contributed by atoms with Crippen LogP contribution in [0.5, 0.6) is 0 Å². The lowest BCUT2D eigenvalue weighted by Gasteiger charge is -2.37. The third-order valence-corrected chi connectivity index (χ3v) is 4.97. The van der Waals surface area contributed by atoms with Gasteiger partial charge in [0.25, 0.3) is 0 Å². The molecule has 3 rings (SSSR count). The largest absolute Gasteiger partial charge is 0.381 e. The molecule has 2 aliphatic rings. The predicted octanol–water partition coefficient (Wildman–Crippen LogP) is 0.874. The molecule has 26 heavy (non-hydrogen) atoms. The number of nitrogens with zero attached hydrogens (tertiary/aromatic N) is 3. The molecule has 0 radical (unpaired) electrons. The minimum atomic E-state index is 0.445. The maximum Gasteiger partial charge on any atom is 0.191 e. The van der Waals surface area contributed by atoms with E-state index in [0.29, 0.717) is 18.5 Å². The van der Waals surface area contributed by atoms with Crippen molar-refractivity contribution in [2.75, 3.05) is 52.6 Å². The molecular formula is C19H31N5O2. The van der Waals surface area contributed by atoms with E-state index in [1.54, 1.807) is 6.20 Å². The van der Waals surface area contributed by atoms with Crippen molar-refractivity contribution in [2.24, 2.45) is 10.9 Å². The summed E-state index contributed by atoms with van der Waals surface area (Å²) in [6.07, 6.45) is 2.94. The number of aromatic nitrogens is 1. The molecule has 144 valence electrons. The fraction of sp³-hybridized carbons (Fsp3) is 0.684. The molecule has 1 aromatic heterocycles.